The van der Waals surface area contributed by atoms with Crippen LogP contribution in [-0.2, 0) is 5.54 Å². The molecule has 0 atom stereocenters. The third-order valence-corrected chi connectivity index (χ3v) is 6.93. The van der Waals surface area contributed by atoms with Gasteiger partial charge in [-0.15, -0.1) is 0 Å². The molecule has 4 heteroatoms. The Balaban J connectivity index is 2.02. The fourth-order valence-corrected chi connectivity index (χ4v) is 5.21. The third-order valence-electron chi connectivity index (χ3n) is 4.25. The minimum atomic E-state index is -0.230. The van der Waals surface area contributed by atoms with Crippen LogP contribution in [0.25, 0.3) is 0 Å². The molecule has 110 valence electrons. The highest BCUT2D eigenvalue weighted by molar-refractivity contribution is 6.65. The lowest BCUT2D eigenvalue weighted by molar-refractivity contribution is 0.398. The van der Waals surface area contributed by atoms with E-state index in [0.29, 0.717) is 19.7 Å². The van der Waals surface area contributed by atoms with Crippen molar-refractivity contribution in [3.63, 3.8) is 0 Å². The van der Waals surface area contributed by atoms with Crippen molar-refractivity contribution in [2.45, 2.75) is 5.54 Å². The summed E-state index contributed by atoms with van der Waals surface area (Å²) in [6, 6.07) is 32.5. The largest absolute Gasteiger partial charge is 0.337 e. The quantitative estimate of drug-likeness (QED) is 0.585. The van der Waals surface area contributed by atoms with Crippen molar-refractivity contribution < 1.29 is 0 Å². The van der Waals surface area contributed by atoms with E-state index in [1.165, 1.54) is 16.7 Å². The van der Waals surface area contributed by atoms with Gasteiger partial charge in [-0.3, -0.25) is 0 Å². The normalized spacial score (nSPS) is 15.1. The molecular weight excluding hydrogens is 312 g/mol. The first-order valence-corrected chi connectivity index (χ1v) is 9.55. The molecule has 0 saturated carbocycles. The van der Waals surface area contributed by atoms with Gasteiger partial charge in [0.1, 0.15) is 0 Å². The van der Waals surface area contributed by atoms with Crippen molar-refractivity contribution in [2.24, 2.45) is 0 Å². The summed E-state index contributed by atoms with van der Waals surface area (Å²) in [7, 11) is 1.27. The molecule has 1 heterocycles. The molecule has 4 rings (SSSR count). The Hall–Kier alpha value is -1.99. The molecule has 1 saturated heterocycles. The monoisotopic (exact) mass is 328 g/mol. The van der Waals surface area contributed by atoms with Gasteiger partial charge in [0.15, 0.2) is 0 Å². The molecule has 1 fully saturated rings. The minimum absolute atomic E-state index is 0.230. The van der Waals surface area contributed by atoms with Crippen LogP contribution in [-0.4, -0.2) is 23.9 Å². The van der Waals surface area contributed by atoms with Gasteiger partial charge >= 0.3 is 0 Å². The first kappa shape index (κ1) is 14.6. The van der Waals surface area contributed by atoms with Crippen LogP contribution in [0.15, 0.2) is 91.0 Å². The first-order chi connectivity index (χ1) is 11.4. The van der Waals surface area contributed by atoms with Gasteiger partial charge in [-0.1, -0.05) is 91.0 Å². The summed E-state index contributed by atoms with van der Waals surface area (Å²) in [6.45, 7) is 0. The molecule has 0 bridgehead atoms. The Kier molecular flexibility index (Phi) is 3.97. The fourth-order valence-electron chi connectivity index (χ4n) is 3.20. The highest BCUT2D eigenvalue weighted by Gasteiger charge is 2.45. The number of benzene rings is 3. The van der Waals surface area contributed by atoms with Crippen molar-refractivity contribution in [3.8, 4) is 0 Å². The Morgan fingerprint density at radius 1 is 0.565 bits per heavy atom. The standard InChI is InChI=1S/C19H16N2Si2/c1-4-10-16(11-5-1)19(21-22-20-23-21,17-12-6-2-7-13-17)18-14-8-3-9-15-18/h1-15,20H. The molecular formula is C19H16N2Si2. The number of rotatable bonds is 4. The summed E-state index contributed by atoms with van der Waals surface area (Å²) in [5.74, 6) is 0. The van der Waals surface area contributed by atoms with E-state index in [4.69, 9.17) is 0 Å². The van der Waals surface area contributed by atoms with Crippen LogP contribution in [0, 0.1) is 0 Å². The highest BCUT2D eigenvalue weighted by Crippen LogP contribution is 2.42. The van der Waals surface area contributed by atoms with E-state index in [9.17, 15) is 0 Å². The second-order valence-electron chi connectivity index (χ2n) is 5.49. The van der Waals surface area contributed by atoms with Crippen molar-refractivity contribution in [2.75, 3.05) is 0 Å². The second-order valence-corrected chi connectivity index (χ2v) is 8.28. The summed E-state index contributed by atoms with van der Waals surface area (Å²) in [5.41, 5.74) is 3.73. The van der Waals surface area contributed by atoms with Crippen LogP contribution < -0.4 is 4.65 Å². The van der Waals surface area contributed by atoms with Crippen LogP contribution in [0.1, 0.15) is 16.7 Å². The molecule has 2 nitrogen and oxygen atoms in total. The summed E-state index contributed by atoms with van der Waals surface area (Å²) in [5, 5.41) is 0. The summed E-state index contributed by atoms with van der Waals surface area (Å²) in [4.78, 5) is 0. The van der Waals surface area contributed by atoms with Gasteiger partial charge in [0.05, 0.1) is 5.54 Å². The lowest BCUT2D eigenvalue weighted by atomic mass is 9.78. The number of hydrogen-bond donors (Lipinski definition) is 1. The van der Waals surface area contributed by atoms with Crippen LogP contribution in [0.3, 0.4) is 0 Å². The first-order valence-electron chi connectivity index (χ1n) is 7.65. The van der Waals surface area contributed by atoms with E-state index in [-0.39, 0.29) is 5.54 Å². The maximum Gasteiger partial charge on any atom is 0.235 e. The zero-order chi connectivity index (χ0) is 15.5. The summed E-state index contributed by atoms with van der Waals surface area (Å²) >= 11 is 0. The van der Waals surface area contributed by atoms with Crippen molar-refractivity contribution in [1.29, 1.82) is 0 Å². The molecule has 0 amide bonds. The molecule has 1 aliphatic heterocycles. The van der Waals surface area contributed by atoms with E-state index in [2.05, 4.69) is 99.9 Å². The topological polar surface area (TPSA) is 15.3 Å². The molecule has 4 radical (unpaired) electrons. The molecule has 3 aromatic carbocycles. The average molecular weight is 329 g/mol. The Morgan fingerprint density at radius 3 is 1.17 bits per heavy atom. The highest BCUT2D eigenvalue weighted by atomic mass is 28.4. The smallest absolute Gasteiger partial charge is 0.235 e. The number of hydrogen-bond acceptors (Lipinski definition) is 2. The SMILES string of the molecule is c1ccc(C(c2ccccc2)(c2ccccc2)N2[Si]N[Si]2)cc1. The minimum Gasteiger partial charge on any atom is -0.337 e. The van der Waals surface area contributed by atoms with Crippen molar-refractivity contribution in [1.82, 2.24) is 8.88 Å². The lowest BCUT2D eigenvalue weighted by Crippen LogP contribution is -2.67. The molecule has 0 unspecified atom stereocenters. The van der Waals surface area contributed by atoms with E-state index in [1.54, 1.807) is 0 Å². The van der Waals surface area contributed by atoms with E-state index < -0.39 is 0 Å². The van der Waals surface area contributed by atoms with Gasteiger partial charge in [0.2, 0.25) is 19.7 Å². The van der Waals surface area contributed by atoms with Gasteiger partial charge in [0, 0.05) is 0 Å². The van der Waals surface area contributed by atoms with Crippen LogP contribution >= 0.6 is 0 Å². The van der Waals surface area contributed by atoms with E-state index in [1.807, 2.05) is 0 Å². The molecule has 0 aliphatic carbocycles. The van der Waals surface area contributed by atoms with Crippen molar-refractivity contribution in [3.05, 3.63) is 108 Å². The van der Waals surface area contributed by atoms with Gasteiger partial charge in [-0.2, -0.15) is 0 Å². The third kappa shape index (κ3) is 2.40. The van der Waals surface area contributed by atoms with Crippen LogP contribution in [0.2, 0.25) is 0 Å². The Labute approximate surface area is 142 Å². The van der Waals surface area contributed by atoms with Crippen LogP contribution in [0.4, 0.5) is 0 Å². The maximum absolute atomic E-state index is 3.46. The Morgan fingerprint density at radius 2 is 0.913 bits per heavy atom. The molecule has 0 aromatic heterocycles. The van der Waals surface area contributed by atoms with E-state index in [0.717, 1.165) is 0 Å². The van der Waals surface area contributed by atoms with Gasteiger partial charge in [-0.05, 0) is 16.7 Å². The lowest BCUT2D eigenvalue weighted by Gasteiger charge is -2.49. The van der Waals surface area contributed by atoms with E-state index >= 15 is 0 Å². The number of nitrogens with zero attached hydrogens (tertiary/aromatic N) is 1. The average Bonchev–Trinajstić information content (AvgIpc) is 2.60. The Bertz CT molecular complexity index is 662. The number of nitrogens with one attached hydrogen (secondary N) is 1. The fraction of sp³-hybridized carbons (Fsp3) is 0.0526. The molecule has 3 aromatic rings. The summed E-state index contributed by atoms with van der Waals surface area (Å²) < 4.78 is 6.01. The molecule has 23 heavy (non-hydrogen) atoms. The molecule has 0 spiro atoms. The zero-order valence-corrected chi connectivity index (χ0v) is 14.6. The zero-order valence-electron chi connectivity index (χ0n) is 12.6. The van der Waals surface area contributed by atoms with Gasteiger partial charge in [-0.25, -0.2) is 0 Å². The second kappa shape index (κ2) is 6.25. The molecule has 1 aliphatic rings. The predicted octanol–water partition coefficient (Wildman–Crippen LogP) is 2.95. The summed E-state index contributed by atoms with van der Waals surface area (Å²) in [6.07, 6.45) is 0. The van der Waals surface area contributed by atoms with Crippen LogP contribution in [0.5, 0.6) is 0 Å². The van der Waals surface area contributed by atoms with Crippen molar-refractivity contribution >= 4 is 19.7 Å². The predicted molar refractivity (Wildman–Crippen MR) is 95.7 cm³/mol. The van der Waals surface area contributed by atoms with Gasteiger partial charge < -0.3 is 8.88 Å². The molecule has 1 N–H and O–H groups in total. The van der Waals surface area contributed by atoms with Gasteiger partial charge in [0.25, 0.3) is 0 Å². The maximum atomic E-state index is 3.46.